The Morgan fingerprint density at radius 1 is 1.15 bits per heavy atom. The van der Waals surface area contributed by atoms with E-state index in [2.05, 4.69) is 12.2 Å². The van der Waals surface area contributed by atoms with Gasteiger partial charge < -0.3 is 14.8 Å². The fourth-order valence-corrected chi connectivity index (χ4v) is 8.25. The lowest BCUT2D eigenvalue weighted by atomic mass is 9.88. The highest BCUT2D eigenvalue weighted by molar-refractivity contribution is 8.26. The van der Waals surface area contributed by atoms with Crippen LogP contribution in [0.15, 0.2) is 29.2 Å². The molecule has 1 N–H and O–H groups in total. The SMILES string of the molecule is CCOC(=O)c1c(NC(=O)CCN2C(=O)/C(=C/c3ccc(OC4CCCCC4)cc3)SC2=S)sc2c1CCC(C)C2. The number of thiocarbonyl (C=S) groups is 1. The maximum Gasteiger partial charge on any atom is 0.341 e. The number of hydrogen-bond acceptors (Lipinski definition) is 8. The summed E-state index contributed by atoms with van der Waals surface area (Å²) in [5, 5.41) is 3.46. The number of nitrogens with zero attached hydrogens (tertiary/aromatic N) is 1. The Labute approximate surface area is 255 Å². The van der Waals surface area contributed by atoms with Crippen molar-refractivity contribution in [1.82, 2.24) is 4.90 Å². The van der Waals surface area contributed by atoms with Gasteiger partial charge in [-0.25, -0.2) is 4.79 Å². The lowest BCUT2D eigenvalue weighted by Crippen LogP contribution is -2.31. The first-order chi connectivity index (χ1) is 19.8. The van der Waals surface area contributed by atoms with Gasteiger partial charge in [0.05, 0.1) is 23.2 Å². The minimum atomic E-state index is -0.398. The fraction of sp³-hybridized carbons (Fsp3) is 0.484. The second kappa shape index (κ2) is 13.5. The van der Waals surface area contributed by atoms with Crippen molar-refractivity contribution >= 4 is 68.5 Å². The van der Waals surface area contributed by atoms with E-state index in [1.807, 2.05) is 30.3 Å². The minimum Gasteiger partial charge on any atom is -0.490 e. The molecular formula is C31H36N2O5S3. The Bertz CT molecular complexity index is 1340. The number of carbonyl (C=O) groups is 3. The molecule has 5 rings (SSSR count). The summed E-state index contributed by atoms with van der Waals surface area (Å²) >= 11 is 8.17. The molecule has 1 atom stereocenters. The van der Waals surface area contributed by atoms with Crippen LogP contribution in [0.5, 0.6) is 5.75 Å². The Kier molecular flexibility index (Phi) is 9.83. The van der Waals surface area contributed by atoms with Crippen molar-refractivity contribution in [2.45, 2.75) is 77.7 Å². The van der Waals surface area contributed by atoms with Crippen LogP contribution in [0, 0.1) is 5.92 Å². The number of hydrogen-bond donors (Lipinski definition) is 1. The second-order valence-electron chi connectivity index (χ2n) is 10.9. The van der Waals surface area contributed by atoms with Crippen molar-refractivity contribution in [3.63, 3.8) is 0 Å². The zero-order valence-corrected chi connectivity index (χ0v) is 26.0. The molecule has 2 aliphatic carbocycles. The molecular weight excluding hydrogens is 577 g/mol. The van der Waals surface area contributed by atoms with Crippen LogP contribution in [0.2, 0.25) is 0 Å². The van der Waals surface area contributed by atoms with E-state index in [-0.39, 0.29) is 37.5 Å². The Hall–Kier alpha value is -2.69. The maximum atomic E-state index is 13.1. The van der Waals surface area contributed by atoms with Gasteiger partial charge in [-0.05, 0) is 87.1 Å². The summed E-state index contributed by atoms with van der Waals surface area (Å²) in [6, 6.07) is 7.78. The van der Waals surface area contributed by atoms with Crippen molar-refractivity contribution < 1.29 is 23.9 Å². The van der Waals surface area contributed by atoms with E-state index < -0.39 is 5.97 Å². The van der Waals surface area contributed by atoms with Crippen LogP contribution in [-0.4, -0.2) is 46.3 Å². The first kappa shape index (κ1) is 29.8. The van der Waals surface area contributed by atoms with E-state index >= 15 is 0 Å². The number of esters is 1. The van der Waals surface area contributed by atoms with Gasteiger partial charge >= 0.3 is 5.97 Å². The number of amides is 2. The number of fused-ring (bicyclic) bond motifs is 1. The predicted molar refractivity (Wildman–Crippen MR) is 169 cm³/mol. The normalized spacial score (nSPS) is 20.3. The van der Waals surface area contributed by atoms with Crippen molar-refractivity contribution in [2.75, 3.05) is 18.5 Å². The molecule has 1 aromatic heterocycles. The van der Waals surface area contributed by atoms with Gasteiger partial charge in [-0.2, -0.15) is 0 Å². The molecule has 1 unspecified atom stereocenters. The second-order valence-corrected chi connectivity index (χ2v) is 13.6. The predicted octanol–water partition coefficient (Wildman–Crippen LogP) is 6.99. The molecule has 2 fully saturated rings. The number of ether oxygens (including phenoxy) is 2. The molecule has 0 bridgehead atoms. The Morgan fingerprint density at radius 3 is 2.63 bits per heavy atom. The number of thiophene rings is 1. The third-order valence-corrected chi connectivity index (χ3v) is 10.3. The van der Waals surface area contributed by atoms with Gasteiger partial charge in [0.25, 0.3) is 5.91 Å². The summed E-state index contributed by atoms with van der Waals surface area (Å²) in [7, 11) is 0. The van der Waals surface area contributed by atoms with Gasteiger partial charge in [-0.1, -0.05) is 49.5 Å². The molecule has 7 nitrogen and oxygen atoms in total. The van der Waals surface area contributed by atoms with E-state index in [0.717, 1.165) is 53.9 Å². The number of rotatable bonds is 9. The largest absolute Gasteiger partial charge is 0.490 e. The Balaban J connectivity index is 1.19. The van der Waals surface area contributed by atoms with Gasteiger partial charge in [0.2, 0.25) is 5.91 Å². The zero-order valence-electron chi connectivity index (χ0n) is 23.5. The van der Waals surface area contributed by atoms with E-state index in [1.54, 1.807) is 6.92 Å². The number of anilines is 1. The molecule has 2 heterocycles. The fourth-order valence-electron chi connectivity index (χ4n) is 5.52. The molecule has 218 valence electrons. The molecule has 0 radical (unpaired) electrons. The van der Waals surface area contributed by atoms with E-state index in [9.17, 15) is 14.4 Å². The monoisotopic (exact) mass is 612 g/mol. The third-order valence-electron chi connectivity index (χ3n) is 7.71. The van der Waals surface area contributed by atoms with Crippen LogP contribution in [0.3, 0.4) is 0 Å². The molecule has 2 amide bonds. The van der Waals surface area contributed by atoms with Crippen LogP contribution >= 0.6 is 35.3 Å². The maximum absolute atomic E-state index is 13.1. The topological polar surface area (TPSA) is 84.9 Å². The summed E-state index contributed by atoms with van der Waals surface area (Å²) in [4.78, 5) is 42.0. The molecule has 3 aliphatic rings. The van der Waals surface area contributed by atoms with E-state index in [1.165, 1.54) is 47.3 Å². The highest BCUT2D eigenvalue weighted by atomic mass is 32.2. The number of thioether (sulfide) groups is 1. The minimum absolute atomic E-state index is 0.0636. The highest BCUT2D eigenvalue weighted by Crippen LogP contribution is 2.40. The van der Waals surface area contributed by atoms with Crippen LogP contribution < -0.4 is 10.1 Å². The van der Waals surface area contributed by atoms with Crippen molar-refractivity contribution in [2.24, 2.45) is 5.92 Å². The van der Waals surface area contributed by atoms with Crippen LogP contribution in [0.25, 0.3) is 6.08 Å². The third kappa shape index (κ3) is 7.21. The van der Waals surface area contributed by atoms with Crippen molar-refractivity contribution in [3.05, 3.63) is 50.7 Å². The first-order valence-electron chi connectivity index (χ1n) is 14.5. The van der Waals surface area contributed by atoms with Gasteiger partial charge in [-0.15, -0.1) is 11.3 Å². The summed E-state index contributed by atoms with van der Waals surface area (Å²) < 4.78 is 11.8. The van der Waals surface area contributed by atoms with Crippen LogP contribution in [0.4, 0.5) is 5.00 Å². The number of benzene rings is 1. The molecule has 0 spiro atoms. The molecule has 2 aromatic rings. The molecule has 1 saturated carbocycles. The summed E-state index contributed by atoms with van der Waals surface area (Å²) in [6.07, 6.45) is 10.8. The van der Waals surface area contributed by atoms with Gasteiger partial charge in [0.15, 0.2) is 0 Å². The molecule has 41 heavy (non-hydrogen) atoms. The lowest BCUT2D eigenvalue weighted by Gasteiger charge is -2.22. The molecule has 1 aromatic carbocycles. The average molecular weight is 613 g/mol. The lowest BCUT2D eigenvalue weighted by molar-refractivity contribution is -0.122. The van der Waals surface area contributed by atoms with Crippen molar-refractivity contribution in [3.8, 4) is 5.75 Å². The zero-order chi connectivity index (χ0) is 28.9. The first-order valence-corrected chi connectivity index (χ1v) is 16.5. The summed E-state index contributed by atoms with van der Waals surface area (Å²) in [6.45, 7) is 4.41. The van der Waals surface area contributed by atoms with Gasteiger partial charge in [-0.3, -0.25) is 14.5 Å². The van der Waals surface area contributed by atoms with E-state index in [0.29, 0.717) is 25.7 Å². The molecule has 1 aliphatic heterocycles. The quantitative estimate of drug-likeness (QED) is 0.186. The van der Waals surface area contributed by atoms with Crippen LogP contribution in [0.1, 0.15) is 85.2 Å². The highest BCUT2D eigenvalue weighted by Gasteiger charge is 2.33. The molecule has 10 heteroatoms. The Morgan fingerprint density at radius 2 is 1.90 bits per heavy atom. The van der Waals surface area contributed by atoms with Gasteiger partial charge in [0, 0.05) is 17.8 Å². The van der Waals surface area contributed by atoms with Gasteiger partial charge in [0.1, 0.15) is 15.1 Å². The molecule has 1 saturated heterocycles. The summed E-state index contributed by atoms with van der Waals surface area (Å²) in [5.41, 5.74) is 2.37. The summed E-state index contributed by atoms with van der Waals surface area (Å²) in [5.74, 6) is 0.511. The smallest absolute Gasteiger partial charge is 0.341 e. The average Bonchev–Trinajstić information content (AvgIpc) is 3.43. The van der Waals surface area contributed by atoms with Crippen molar-refractivity contribution in [1.29, 1.82) is 0 Å². The number of nitrogens with one attached hydrogen (secondary N) is 1. The van der Waals surface area contributed by atoms with Crippen LogP contribution in [-0.2, 0) is 27.2 Å². The standard InChI is InChI=1S/C31H36N2O5S3/c1-3-37-30(36)27-23-14-9-19(2)17-24(23)40-28(27)32-26(34)15-16-33-29(35)25(41-31(33)39)18-20-10-12-22(13-11-20)38-21-7-5-4-6-8-21/h10-13,18-19,21H,3-9,14-17H2,1-2H3,(H,32,34)/b25-18-. The van der Waals surface area contributed by atoms with E-state index in [4.69, 9.17) is 21.7 Å². The number of carbonyl (C=O) groups excluding carboxylic acids is 3.